The number of nitrogens with one attached hydrogen (secondary N) is 1. The number of aryl methyl sites for hydroxylation is 1. The monoisotopic (exact) mass is 324 g/mol. The number of rotatable bonds is 2. The van der Waals surface area contributed by atoms with E-state index < -0.39 is 11.7 Å². The van der Waals surface area contributed by atoms with Crippen LogP contribution in [0, 0.1) is 6.92 Å². The molecule has 4 nitrogen and oxygen atoms in total. The average molecular weight is 325 g/mol. The molecule has 1 aliphatic heterocycles. The van der Waals surface area contributed by atoms with Gasteiger partial charge in [0.2, 0.25) is 0 Å². The summed E-state index contributed by atoms with van der Waals surface area (Å²) < 4.78 is 5.32. The number of piperidine rings is 1. The molecule has 0 unspecified atom stereocenters. The van der Waals surface area contributed by atoms with E-state index in [1.807, 2.05) is 39.8 Å². The molecule has 1 heterocycles. The highest BCUT2D eigenvalue weighted by Gasteiger charge is 2.19. The molecule has 1 amide bonds. The smallest absolute Gasteiger partial charge is 0.412 e. The van der Waals surface area contributed by atoms with Gasteiger partial charge in [0.25, 0.3) is 0 Å². The Morgan fingerprint density at radius 2 is 1.86 bits per heavy atom. The summed E-state index contributed by atoms with van der Waals surface area (Å²) >= 11 is 6.39. The second kappa shape index (κ2) is 6.78. The van der Waals surface area contributed by atoms with Crippen LogP contribution in [0.25, 0.3) is 0 Å². The maximum Gasteiger partial charge on any atom is 0.412 e. The molecule has 1 saturated heterocycles. The van der Waals surface area contributed by atoms with E-state index in [1.165, 1.54) is 19.3 Å². The standard InChI is InChI=1S/C17H25ClN2O2/c1-12-10-13(18)15(20-8-6-5-7-9-20)11-14(12)19-16(21)22-17(2,3)4/h10-11H,5-9H2,1-4H3,(H,19,21). The molecule has 0 atom stereocenters. The first kappa shape index (κ1) is 16.9. The molecule has 0 bridgehead atoms. The number of carbonyl (C=O) groups is 1. The molecule has 0 aromatic heterocycles. The molecule has 0 radical (unpaired) electrons. The lowest BCUT2D eigenvalue weighted by Gasteiger charge is -2.30. The average Bonchev–Trinajstić information content (AvgIpc) is 2.41. The molecular formula is C17H25ClN2O2. The number of anilines is 2. The minimum absolute atomic E-state index is 0.442. The SMILES string of the molecule is Cc1cc(Cl)c(N2CCCCC2)cc1NC(=O)OC(C)(C)C. The van der Waals surface area contributed by atoms with Gasteiger partial charge in [-0.2, -0.15) is 0 Å². The van der Waals surface area contributed by atoms with Crippen LogP contribution in [0.4, 0.5) is 16.2 Å². The first-order valence-corrected chi connectivity index (χ1v) is 8.19. The van der Waals surface area contributed by atoms with Crippen molar-refractivity contribution in [3.63, 3.8) is 0 Å². The molecule has 1 N–H and O–H groups in total. The first-order chi connectivity index (χ1) is 10.3. The van der Waals surface area contributed by atoms with E-state index in [4.69, 9.17) is 16.3 Å². The van der Waals surface area contributed by atoms with E-state index in [9.17, 15) is 4.79 Å². The van der Waals surface area contributed by atoms with Gasteiger partial charge in [0.1, 0.15) is 5.60 Å². The summed E-state index contributed by atoms with van der Waals surface area (Å²) in [5, 5.41) is 3.56. The molecule has 22 heavy (non-hydrogen) atoms. The van der Waals surface area contributed by atoms with Gasteiger partial charge in [0.05, 0.1) is 10.7 Å². The van der Waals surface area contributed by atoms with Crippen molar-refractivity contribution in [3.05, 3.63) is 22.7 Å². The topological polar surface area (TPSA) is 41.6 Å². The molecule has 122 valence electrons. The lowest BCUT2D eigenvalue weighted by Crippen LogP contribution is -2.30. The van der Waals surface area contributed by atoms with Crippen LogP contribution in [0.1, 0.15) is 45.6 Å². The molecule has 1 fully saturated rings. The number of benzene rings is 1. The fourth-order valence-electron chi connectivity index (χ4n) is 2.59. The summed E-state index contributed by atoms with van der Waals surface area (Å²) in [4.78, 5) is 14.3. The third kappa shape index (κ3) is 4.54. The maximum atomic E-state index is 12.0. The van der Waals surface area contributed by atoms with Gasteiger partial charge in [-0.15, -0.1) is 0 Å². The van der Waals surface area contributed by atoms with Gasteiger partial charge in [-0.25, -0.2) is 4.79 Å². The van der Waals surface area contributed by atoms with E-state index in [0.717, 1.165) is 35.1 Å². The normalized spacial score (nSPS) is 15.6. The van der Waals surface area contributed by atoms with E-state index in [0.29, 0.717) is 0 Å². The summed E-state index contributed by atoms with van der Waals surface area (Å²) in [5.41, 5.74) is 2.15. The number of nitrogens with zero attached hydrogens (tertiary/aromatic N) is 1. The summed E-state index contributed by atoms with van der Waals surface area (Å²) in [7, 11) is 0. The van der Waals surface area contributed by atoms with Gasteiger partial charge >= 0.3 is 6.09 Å². The third-order valence-electron chi connectivity index (χ3n) is 3.63. The number of amides is 1. The summed E-state index contributed by atoms with van der Waals surface area (Å²) in [6.45, 7) is 9.49. The molecule has 5 heteroatoms. The zero-order valence-electron chi connectivity index (χ0n) is 13.8. The van der Waals surface area contributed by atoms with E-state index in [2.05, 4.69) is 10.2 Å². The van der Waals surface area contributed by atoms with Gasteiger partial charge in [-0.3, -0.25) is 5.32 Å². The predicted molar refractivity (Wildman–Crippen MR) is 92.1 cm³/mol. The van der Waals surface area contributed by atoms with Crippen LogP contribution in [0.15, 0.2) is 12.1 Å². The van der Waals surface area contributed by atoms with E-state index >= 15 is 0 Å². The number of hydrogen-bond donors (Lipinski definition) is 1. The van der Waals surface area contributed by atoms with Crippen LogP contribution in [-0.4, -0.2) is 24.8 Å². The van der Waals surface area contributed by atoms with Gasteiger partial charge in [-0.05, 0) is 64.7 Å². The predicted octanol–water partition coefficient (Wildman–Crippen LogP) is 4.99. The van der Waals surface area contributed by atoms with Crippen molar-refractivity contribution in [1.82, 2.24) is 0 Å². The van der Waals surface area contributed by atoms with Crippen LogP contribution in [0.5, 0.6) is 0 Å². The Morgan fingerprint density at radius 1 is 1.23 bits per heavy atom. The Bertz CT molecular complexity index is 546. The van der Waals surface area contributed by atoms with Crippen molar-refractivity contribution < 1.29 is 9.53 Å². The van der Waals surface area contributed by atoms with Crippen molar-refractivity contribution in [2.45, 2.75) is 52.6 Å². The summed E-state index contributed by atoms with van der Waals surface area (Å²) in [6.07, 6.45) is 3.18. The largest absolute Gasteiger partial charge is 0.444 e. The minimum atomic E-state index is -0.514. The lowest BCUT2D eigenvalue weighted by atomic mass is 10.1. The maximum absolute atomic E-state index is 12.0. The number of hydrogen-bond acceptors (Lipinski definition) is 3. The molecule has 1 aromatic carbocycles. The second-order valence-corrected chi connectivity index (χ2v) is 7.20. The lowest BCUT2D eigenvalue weighted by molar-refractivity contribution is 0.0636. The van der Waals surface area contributed by atoms with Crippen LogP contribution >= 0.6 is 11.6 Å². The second-order valence-electron chi connectivity index (χ2n) is 6.79. The molecule has 0 spiro atoms. The first-order valence-electron chi connectivity index (χ1n) is 7.81. The number of ether oxygens (including phenoxy) is 1. The van der Waals surface area contributed by atoms with Gasteiger partial charge in [0.15, 0.2) is 0 Å². The number of halogens is 1. The fourth-order valence-corrected chi connectivity index (χ4v) is 2.92. The molecule has 1 aliphatic rings. The number of carbonyl (C=O) groups excluding carboxylic acids is 1. The Morgan fingerprint density at radius 3 is 2.45 bits per heavy atom. The van der Waals surface area contributed by atoms with Crippen molar-refractivity contribution in [3.8, 4) is 0 Å². The Kier molecular flexibility index (Phi) is 5.22. The molecule has 2 rings (SSSR count). The zero-order chi connectivity index (χ0) is 16.3. The minimum Gasteiger partial charge on any atom is -0.444 e. The highest BCUT2D eigenvalue weighted by Crippen LogP contribution is 2.33. The summed E-state index contributed by atoms with van der Waals surface area (Å²) in [6, 6.07) is 3.85. The highest BCUT2D eigenvalue weighted by atomic mass is 35.5. The van der Waals surface area contributed by atoms with E-state index in [1.54, 1.807) is 0 Å². The van der Waals surface area contributed by atoms with Crippen LogP contribution in [0.2, 0.25) is 5.02 Å². The molecule has 0 saturated carbocycles. The van der Waals surface area contributed by atoms with Crippen molar-refractivity contribution in [2.24, 2.45) is 0 Å². The Balaban J connectivity index is 2.19. The quantitative estimate of drug-likeness (QED) is 0.833. The zero-order valence-corrected chi connectivity index (χ0v) is 14.6. The molecule has 0 aliphatic carbocycles. The molecular weight excluding hydrogens is 300 g/mol. The van der Waals surface area contributed by atoms with Crippen LogP contribution in [-0.2, 0) is 4.74 Å². The fraction of sp³-hybridized carbons (Fsp3) is 0.588. The van der Waals surface area contributed by atoms with Crippen LogP contribution < -0.4 is 10.2 Å². The molecule has 1 aromatic rings. The van der Waals surface area contributed by atoms with Gasteiger partial charge in [0, 0.05) is 18.8 Å². The Hall–Kier alpha value is -1.42. The third-order valence-corrected chi connectivity index (χ3v) is 3.93. The van der Waals surface area contributed by atoms with Crippen LogP contribution in [0.3, 0.4) is 0 Å². The van der Waals surface area contributed by atoms with E-state index in [-0.39, 0.29) is 0 Å². The highest BCUT2D eigenvalue weighted by molar-refractivity contribution is 6.33. The Labute approximate surface area is 137 Å². The van der Waals surface area contributed by atoms with Crippen molar-refractivity contribution in [2.75, 3.05) is 23.3 Å². The summed E-state index contributed by atoms with van der Waals surface area (Å²) in [5.74, 6) is 0. The van der Waals surface area contributed by atoms with Crippen molar-refractivity contribution in [1.29, 1.82) is 0 Å². The van der Waals surface area contributed by atoms with Crippen molar-refractivity contribution >= 4 is 29.1 Å². The van der Waals surface area contributed by atoms with Gasteiger partial charge < -0.3 is 9.64 Å². The van der Waals surface area contributed by atoms with Gasteiger partial charge in [-0.1, -0.05) is 11.6 Å².